The molecule has 0 aliphatic carbocycles. The highest BCUT2D eigenvalue weighted by Crippen LogP contribution is 2.25. The molecule has 2 aromatic carbocycles. The third kappa shape index (κ3) is 4.79. The molecule has 1 amide bonds. The lowest BCUT2D eigenvalue weighted by Gasteiger charge is -2.09. The van der Waals surface area contributed by atoms with Gasteiger partial charge < -0.3 is 14.8 Å². The number of hydrogen-bond donors (Lipinski definition) is 1. The fraction of sp³-hybridized carbons (Fsp3) is 0.188. The van der Waals surface area contributed by atoms with E-state index < -0.39 is 6.09 Å². The van der Waals surface area contributed by atoms with E-state index in [1.54, 1.807) is 7.11 Å². The topological polar surface area (TPSA) is 47.6 Å². The normalized spacial score (nSPS) is 10.0. The Labute approximate surface area is 132 Å². The minimum atomic E-state index is -0.439. The summed E-state index contributed by atoms with van der Waals surface area (Å²) in [6.07, 6.45) is -0.439. The number of carbonyl (C=O) groups excluding carboxylic acids is 1. The van der Waals surface area contributed by atoms with Crippen molar-refractivity contribution in [3.05, 3.63) is 64.1 Å². The second kappa shape index (κ2) is 7.69. The van der Waals surface area contributed by atoms with Crippen LogP contribution < -0.4 is 10.1 Å². The van der Waals surface area contributed by atoms with Crippen molar-refractivity contribution < 1.29 is 14.3 Å². The number of alkyl carbamates (subject to hydrolysis) is 1. The van der Waals surface area contributed by atoms with Gasteiger partial charge in [0.1, 0.15) is 12.4 Å². The first kappa shape index (κ1) is 15.4. The van der Waals surface area contributed by atoms with Crippen molar-refractivity contribution in [2.45, 2.75) is 13.2 Å². The Morgan fingerprint density at radius 2 is 1.90 bits per heavy atom. The van der Waals surface area contributed by atoms with Gasteiger partial charge in [0.25, 0.3) is 0 Å². The Morgan fingerprint density at radius 1 is 1.14 bits per heavy atom. The second-order valence-electron chi connectivity index (χ2n) is 4.38. The molecule has 0 fully saturated rings. The Hall–Kier alpha value is -2.01. The van der Waals surface area contributed by atoms with Crippen LogP contribution in [0.2, 0.25) is 0 Å². The van der Waals surface area contributed by atoms with Crippen molar-refractivity contribution in [2.75, 3.05) is 7.11 Å². The molecule has 0 bridgehead atoms. The van der Waals surface area contributed by atoms with Gasteiger partial charge in [0.15, 0.2) is 0 Å². The van der Waals surface area contributed by atoms with E-state index in [1.807, 2.05) is 48.5 Å². The van der Waals surface area contributed by atoms with Gasteiger partial charge in [-0.15, -0.1) is 0 Å². The summed E-state index contributed by atoms with van der Waals surface area (Å²) in [4.78, 5) is 11.6. The van der Waals surface area contributed by atoms with E-state index >= 15 is 0 Å². The molecular weight excluding hydrogens is 334 g/mol. The van der Waals surface area contributed by atoms with Crippen LogP contribution in [0, 0.1) is 0 Å². The molecule has 0 aliphatic heterocycles. The van der Waals surface area contributed by atoms with Crippen LogP contribution in [0.15, 0.2) is 53.0 Å². The van der Waals surface area contributed by atoms with Crippen LogP contribution in [0.3, 0.4) is 0 Å². The maximum absolute atomic E-state index is 11.6. The first-order valence-electron chi connectivity index (χ1n) is 6.46. The van der Waals surface area contributed by atoms with Gasteiger partial charge in [0, 0.05) is 6.54 Å². The van der Waals surface area contributed by atoms with Crippen molar-refractivity contribution >= 4 is 22.0 Å². The number of benzene rings is 2. The van der Waals surface area contributed by atoms with E-state index in [4.69, 9.17) is 9.47 Å². The SMILES string of the molecule is COc1ccc(CNC(=O)OCc2ccccc2)cc1Br. The van der Waals surface area contributed by atoms with Crippen LogP contribution in [-0.4, -0.2) is 13.2 Å². The third-order valence-electron chi connectivity index (χ3n) is 2.87. The second-order valence-corrected chi connectivity index (χ2v) is 5.24. The zero-order valence-corrected chi connectivity index (χ0v) is 13.2. The van der Waals surface area contributed by atoms with Crippen molar-refractivity contribution in [3.8, 4) is 5.75 Å². The fourth-order valence-corrected chi connectivity index (χ4v) is 2.36. The van der Waals surface area contributed by atoms with Crippen LogP contribution in [0.25, 0.3) is 0 Å². The van der Waals surface area contributed by atoms with E-state index in [1.165, 1.54) is 0 Å². The van der Waals surface area contributed by atoms with E-state index in [2.05, 4.69) is 21.2 Å². The average Bonchev–Trinajstić information content (AvgIpc) is 2.52. The zero-order valence-electron chi connectivity index (χ0n) is 11.6. The molecule has 0 atom stereocenters. The Bertz CT molecular complexity index is 602. The molecule has 0 heterocycles. The minimum absolute atomic E-state index is 0.263. The van der Waals surface area contributed by atoms with Gasteiger partial charge in [-0.1, -0.05) is 36.4 Å². The van der Waals surface area contributed by atoms with Gasteiger partial charge in [-0.2, -0.15) is 0 Å². The Morgan fingerprint density at radius 3 is 2.57 bits per heavy atom. The number of ether oxygens (including phenoxy) is 2. The highest BCUT2D eigenvalue weighted by Gasteiger charge is 2.05. The summed E-state index contributed by atoms with van der Waals surface area (Å²) < 4.78 is 11.1. The number of hydrogen-bond acceptors (Lipinski definition) is 3. The predicted octanol–water partition coefficient (Wildman–Crippen LogP) is 3.88. The number of rotatable bonds is 5. The summed E-state index contributed by atoms with van der Waals surface area (Å²) >= 11 is 3.41. The highest BCUT2D eigenvalue weighted by atomic mass is 79.9. The number of amides is 1. The maximum atomic E-state index is 11.6. The van der Waals surface area contributed by atoms with Crippen molar-refractivity contribution in [1.29, 1.82) is 0 Å². The first-order chi connectivity index (χ1) is 10.2. The molecule has 2 rings (SSSR count). The van der Waals surface area contributed by atoms with Gasteiger partial charge in [-0.25, -0.2) is 4.79 Å². The van der Waals surface area contributed by atoms with Crippen molar-refractivity contribution in [1.82, 2.24) is 5.32 Å². The molecular formula is C16H16BrNO3. The van der Waals surface area contributed by atoms with Crippen molar-refractivity contribution in [3.63, 3.8) is 0 Å². The molecule has 4 nitrogen and oxygen atoms in total. The number of carbonyl (C=O) groups is 1. The summed E-state index contributed by atoms with van der Waals surface area (Å²) in [6, 6.07) is 15.2. The molecule has 21 heavy (non-hydrogen) atoms. The van der Waals surface area contributed by atoms with Gasteiger partial charge in [-0.3, -0.25) is 0 Å². The van der Waals surface area contributed by atoms with Gasteiger partial charge in [0.2, 0.25) is 0 Å². The van der Waals surface area contributed by atoms with Crippen LogP contribution in [0.1, 0.15) is 11.1 Å². The zero-order chi connectivity index (χ0) is 15.1. The van der Waals surface area contributed by atoms with E-state index in [0.29, 0.717) is 6.54 Å². The maximum Gasteiger partial charge on any atom is 0.407 e. The highest BCUT2D eigenvalue weighted by molar-refractivity contribution is 9.10. The van der Waals surface area contributed by atoms with E-state index in [9.17, 15) is 4.79 Å². The van der Waals surface area contributed by atoms with Gasteiger partial charge in [0.05, 0.1) is 11.6 Å². The average molecular weight is 350 g/mol. The van der Waals surface area contributed by atoms with Gasteiger partial charge in [-0.05, 0) is 39.2 Å². The van der Waals surface area contributed by atoms with Crippen LogP contribution in [-0.2, 0) is 17.9 Å². The molecule has 0 unspecified atom stereocenters. The molecule has 0 spiro atoms. The van der Waals surface area contributed by atoms with Crippen molar-refractivity contribution in [2.24, 2.45) is 0 Å². The summed E-state index contributed by atoms with van der Waals surface area (Å²) in [5.41, 5.74) is 1.92. The fourth-order valence-electron chi connectivity index (χ4n) is 1.77. The lowest BCUT2D eigenvalue weighted by atomic mass is 10.2. The molecule has 5 heteroatoms. The van der Waals surface area contributed by atoms with Gasteiger partial charge >= 0.3 is 6.09 Å². The Balaban J connectivity index is 1.80. The quantitative estimate of drug-likeness (QED) is 0.890. The Kier molecular flexibility index (Phi) is 5.63. The summed E-state index contributed by atoms with van der Waals surface area (Å²) in [5.74, 6) is 0.755. The number of halogens is 1. The van der Waals surface area contributed by atoms with E-state index in [0.717, 1.165) is 21.3 Å². The standard InChI is InChI=1S/C16H16BrNO3/c1-20-15-8-7-13(9-14(15)17)10-18-16(19)21-11-12-5-3-2-4-6-12/h2-9H,10-11H2,1H3,(H,18,19). The molecule has 0 radical (unpaired) electrons. The largest absolute Gasteiger partial charge is 0.496 e. The third-order valence-corrected chi connectivity index (χ3v) is 3.49. The molecule has 0 aromatic heterocycles. The van der Waals surface area contributed by atoms with Crippen LogP contribution in [0.5, 0.6) is 5.75 Å². The summed E-state index contributed by atoms with van der Waals surface area (Å²) in [7, 11) is 1.61. The molecule has 0 aliphatic rings. The first-order valence-corrected chi connectivity index (χ1v) is 7.25. The lowest BCUT2D eigenvalue weighted by molar-refractivity contribution is 0.139. The molecule has 0 saturated carbocycles. The molecule has 1 N–H and O–H groups in total. The van der Waals surface area contributed by atoms with Crippen LogP contribution >= 0.6 is 15.9 Å². The summed E-state index contributed by atoms with van der Waals surface area (Å²) in [5, 5.41) is 2.71. The molecule has 0 saturated heterocycles. The molecule has 2 aromatic rings. The van der Waals surface area contributed by atoms with Crippen LogP contribution in [0.4, 0.5) is 4.79 Å². The monoisotopic (exact) mass is 349 g/mol. The predicted molar refractivity (Wildman–Crippen MR) is 84.2 cm³/mol. The number of nitrogens with one attached hydrogen (secondary N) is 1. The number of methoxy groups -OCH3 is 1. The lowest BCUT2D eigenvalue weighted by Crippen LogP contribution is -2.23. The minimum Gasteiger partial charge on any atom is -0.496 e. The van der Waals surface area contributed by atoms with E-state index in [-0.39, 0.29) is 6.61 Å². The molecule has 110 valence electrons. The smallest absolute Gasteiger partial charge is 0.407 e. The summed E-state index contributed by atoms with van der Waals surface area (Å²) in [6.45, 7) is 0.662.